The second-order valence-corrected chi connectivity index (χ2v) is 7.37. The average Bonchev–Trinajstić information content (AvgIpc) is 2.74. The molecule has 0 saturated carbocycles. The number of Topliss-reactive ketones (excluding diaryl/α,β-unsaturated/α-hetero) is 1. The van der Waals surface area contributed by atoms with E-state index in [0.717, 1.165) is 24.2 Å². The van der Waals surface area contributed by atoms with E-state index in [0.29, 0.717) is 13.0 Å². The molecule has 4 nitrogen and oxygen atoms in total. The van der Waals surface area contributed by atoms with Crippen molar-refractivity contribution in [3.05, 3.63) is 65.7 Å². The second kappa shape index (κ2) is 9.67. The highest BCUT2D eigenvalue weighted by atomic mass is 16.3. The van der Waals surface area contributed by atoms with Gasteiger partial charge in [0, 0.05) is 43.3 Å². The number of anilines is 1. The van der Waals surface area contributed by atoms with Crippen molar-refractivity contribution in [3.8, 4) is 0 Å². The smallest absolute Gasteiger partial charge is 0.164 e. The Morgan fingerprint density at radius 3 is 2.37 bits per heavy atom. The Bertz CT molecular complexity index is 709. The molecular formula is C23H30N2O2. The summed E-state index contributed by atoms with van der Waals surface area (Å²) in [5.41, 5.74) is 2.86. The van der Waals surface area contributed by atoms with E-state index in [-0.39, 0.29) is 11.8 Å². The van der Waals surface area contributed by atoms with Crippen LogP contribution in [0.25, 0.3) is 0 Å². The summed E-state index contributed by atoms with van der Waals surface area (Å²) in [6, 6.07) is 17.5. The Balaban J connectivity index is 1.46. The number of carbonyl (C=O) groups excluding carboxylic acids is 1. The zero-order valence-electron chi connectivity index (χ0n) is 16.1. The molecule has 4 heteroatoms. The van der Waals surface area contributed by atoms with Gasteiger partial charge in [0.05, 0.1) is 6.10 Å². The lowest BCUT2D eigenvalue weighted by Gasteiger charge is -2.28. The molecule has 1 fully saturated rings. The molecule has 0 amide bonds. The van der Waals surface area contributed by atoms with E-state index >= 15 is 0 Å². The van der Waals surface area contributed by atoms with Crippen molar-refractivity contribution in [1.82, 2.24) is 5.32 Å². The van der Waals surface area contributed by atoms with Crippen LogP contribution in [0.1, 0.15) is 54.6 Å². The number of rotatable bonds is 8. The highest BCUT2D eigenvalue weighted by molar-refractivity contribution is 5.96. The van der Waals surface area contributed by atoms with Crippen LogP contribution >= 0.6 is 0 Å². The van der Waals surface area contributed by atoms with Crippen LogP contribution in [0.3, 0.4) is 0 Å². The lowest BCUT2D eigenvalue weighted by atomic mass is 10.0. The van der Waals surface area contributed by atoms with Crippen LogP contribution in [0.2, 0.25) is 0 Å². The molecule has 2 aromatic rings. The fraction of sp³-hybridized carbons (Fsp3) is 0.435. The molecule has 0 bridgehead atoms. The fourth-order valence-electron chi connectivity index (χ4n) is 3.62. The van der Waals surface area contributed by atoms with Gasteiger partial charge in [-0.3, -0.25) is 4.79 Å². The molecule has 27 heavy (non-hydrogen) atoms. The van der Waals surface area contributed by atoms with Crippen molar-refractivity contribution in [2.24, 2.45) is 0 Å². The number of nitrogens with zero attached hydrogens (tertiary/aromatic N) is 1. The van der Waals surface area contributed by atoms with Gasteiger partial charge in [-0.25, -0.2) is 0 Å². The summed E-state index contributed by atoms with van der Waals surface area (Å²) in [5.74, 6) is 0.133. The normalized spacial score (nSPS) is 16.7. The Morgan fingerprint density at radius 2 is 1.70 bits per heavy atom. The maximum absolute atomic E-state index is 12.4. The van der Waals surface area contributed by atoms with Crippen LogP contribution in [0.15, 0.2) is 54.6 Å². The first-order valence-electron chi connectivity index (χ1n) is 10.00. The number of carbonyl (C=O) groups is 1. The first-order valence-corrected chi connectivity index (χ1v) is 10.00. The van der Waals surface area contributed by atoms with Gasteiger partial charge in [0.15, 0.2) is 5.78 Å². The molecule has 1 aliphatic heterocycles. The molecular weight excluding hydrogens is 336 g/mol. The van der Waals surface area contributed by atoms with Gasteiger partial charge >= 0.3 is 0 Å². The monoisotopic (exact) mass is 366 g/mol. The number of piperidine rings is 1. The predicted octanol–water partition coefficient (Wildman–Crippen LogP) is 3.96. The van der Waals surface area contributed by atoms with E-state index in [2.05, 4.69) is 22.3 Å². The van der Waals surface area contributed by atoms with Crippen molar-refractivity contribution in [1.29, 1.82) is 0 Å². The summed E-state index contributed by atoms with van der Waals surface area (Å²) in [6.45, 7) is 4.71. The minimum Gasteiger partial charge on any atom is -0.387 e. The second-order valence-electron chi connectivity index (χ2n) is 7.37. The van der Waals surface area contributed by atoms with Gasteiger partial charge in [0.2, 0.25) is 0 Å². The fourth-order valence-corrected chi connectivity index (χ4v) is 3.62. The average molecular weight is 367 g/mol. The molecule has 2 aromatic carbocycles. The number of aliphatic hydroxyl groups excluding tert-OH is 1. The number of ketones is 1. The van der Waals surface area contributed by atoms with Crippen LogP contribution in [-0.2, 0) is 0 Å². The van der Waals surface area contributed by atoms with Crippen LogP contribution in [0.5, 0.6) is 0 Å². The first-order chi connectivity index (χ1) is 13.1. The molecule has 2 N–H and O–H groups in total. The van der Waals surface area contributed by atoms with E-state index in [1.807, 2.05) is 49.4 Å². The SMILES string of the molecule is CC(NCCC(=O)c1ccc(N2CCCCC2)cc1)C(O)c1ccccc1. The number of benzene rings is 2. The van der Waals surface area contributed by atoms with Crippen LogP contribution in [-0.4, -0.2) is 36.6 Å². The van der Waals surface area contributed by atoms with E-state index in [1.165, 1.54) is 24.9 Å². The largest absolute Gasteiger partial charge is 0.387 e. The number of hydrogen-bond acceptors (Lipinski definition) is 4. The van der Waals surface area contributed by atoms with E-state index in [4.69, 9.17) is 0 Å². The number of hydrogen-bond donors (Lipinski definition) is 2. The highest BCUT2D eigenvalue weighted by Gasteiger charge is 2.16. The molecule has 2 atom stereocenters. The standard InChI is InChI=1S/C23H30N2O2/c1-18(23(27)20-8-4-2-5-9-20)24-15-14-22(26)19-10-12-21(13-11-19)25-16-6-3-7-17-25/h2,4-5,8-13,18,23-24,27H,3,6-7,14-17H2,1H3. The number of nitrogens with one attached hydrogen (secondary N) is 1. The summed E-state index contributed by atoms with van der Waals surface area (Å²) in [7, 11) is 0. The minimum absolute atomic E-state index is 0.110. The summed E-state index contributed by atoms with van der Waals surface area (Å²) in [5, 5.41) is 13.6. The third kappa shape index (κ3) is 5.41. The third-order valence-corrected chi connectivity index (χ3v) is 5.34. The molecule has 2 unspecified atom stereocenters. The number of aliphatic hydroxyl groups is 1. The highest BCUT2D eigenvalue weighted by Crippen LogP contribution is 2.21. The van der Waals surface area contributed by atoms with Gasteiger partial charge in [-0.15, -0.1) is 0 Å². The van der Waals surface area contributed by atoms with Gasteiger partial charge in [0.25, 0.3) is 0 Å². The maximum Gasteiger partial charge on any atom is 0.164 e. The van der Waals surface area contributed by atoms with Crippen molar-refractivity contribution >= 4 is 11.5 Å². The quantitative estimate of drug-likeness (QED) is 0.695. The third-order valence-electron chi connectivity index (χ3n) is 5.34. The molecule has 0 spiro atoms. The summed E-state index contributed by atoms with van der Waals surface area (Å²) < 4.78 is 0. The lowest BCUT2D eigenvalue weighted by Crippen LogP contribution is -2.33. The van der Waals surface area contributed by atoms with Crippen LogP contribution in [0.4, 0.5) is 5.69 Å². The van der Waals surface area contributed by atoms with Gasteiger partial charge in [-0.05, 0) is 56.0 Å². The molecule has 3 rings (SSSR count). The Labute approximate surface area is 162 Å². The van der Waals surface area contributed by atoms with Crippen molar-refractivity contribution in [2.75, 3.05) is 24.5 Å². The molecule has 144 valence electrons. The predicted molar refractivity (Wildman–Crippen MR) is 110 cm³/mol. The Morgan fingerprint density at radius 1 is 1.04 bits per heavy atom. The van der Waals surface area contributed by atoms with Crippen LogP contribution in [0, 0.1) is 0 Å². The van der Waals surface area contributed by atoms with E-state index < -0.39 is 6.10 Å². The van der Waals surface area contributed by atoms with Gasteiger partial charge < -0.3 is 15.3 Å². The van der Waals surface area contributed by atoms with E-state index in [9.17, 15) is 9.90 Å². The molecule has 1 saturated heterocycles. The summed E-state index contributed by atoms with van der Waals surface area (Å²) in [4.78, 5) is 14.8. The zero-order valence-corrected chi connectivity index (χ0v) is 16.1. The van der Waals surface area contributed by atoms with Crippen LogP contribution < -0.4 is 10.2 Å². The van der Waals surface area contributed by atoms with Gasteiger partial charge in [0.1, 0.15) is 0 Å². The van der Waals surface area contributed by atoms with E-state index in [1.54, 1.807) is 0 Å². The summed E-state index contributed by atoms with van der Waals surface area (Å²) >= 11 is 0. The van der Waals surface area contributed by atoms with Crippen molar-refractivity contribution in [2.45, 2.75) is 44.8 Å². The molecule has 1 heterocycles. The molecule has 0 radical (unpaired) electrons. The van der Waals surface area contributed by atoms with Gasteiger partial charge in [-0.1, -0.05) is 30.3 Å². The molecule has 1 aliphatic rings. The summed E-state index contributed by atoms with van der Waals surface area (Å²) in [6.07, 6.45) is 3.66. The van der Waals surface area contributed by atoms with Gasteiger partial charge in [-0.2, -0.15) is 0 Å². The zero-order chi connectivity index (χ0) is 19.1. The molecule has 0 aromatic heterocycles. The Kier molecular flexibility index (Phi) is 7.02. The van der Waals surface area contributed by atoms with Crippen molar-refractivity contribution in [3.63, 3.8) is 0 Å². The Hall–Kier alpha value is -2.17. The van der Waals surface area contributed by atoms with Crippen molar-refractivity contribution < 1.29 is 9.90 Å². The topological polar surface area (TPSA) is 52.6 Å². The first kappa shape index (κ1) is 19.6. The lowest BCUT2D eigenvalue weighted by molar-refractivity contribution is 0.0972. The minimum atomic E-state index is -0.579. The maximum atomic E-state index is 12.4. The molecule has 0 aliphatic carbocycles.